The summed E-state index contributed by atoms with van der Waals surface area (Å²) in [5.74, 6) is 1.58. The normalized spacial score (nSPS) is 11.1. The average molecular weight is 494 g/mol. The molecule has 0 amide bonds. The molecule has 1 heterocycles. The molecular formula is C31H43NO4. The smallest absolute Gasteiger partial charge is 0.297 e. The molecule has 0 unspecified atom stereocenters. The van der Waals surface area contributed by atoms with Crippen LogP contribution in [0.5, 0.6) is 17.2 Å². The van der Waals surface area contributed by atoms with E-state index in [0.717, 1.165) is 47.9 Å². The molecule has 0 radical (unpaired) electrons. The Bertz CT molecular complexity index is 1110. The summed E-state index contributed by atoms with van der Waals surface area (Å²) in [6, 6.07) is 16.0. The summed E-state index contributed by atoms with van der Waals surface area (Å²) in [5, 5.41) is 0.889. The highest BCUT2D eigenvalue weighted by molar-refractivity contribution is 5.89. The fraction of sp³-hybridized carbons (Fsp3) is 0.516. The maximum atomic E-state index is 13.5. The Morgan fingerprint density at radius 2 is 1.44 bits per heavy atom. The summed E-state index contributed by atoms with van der Waals surface area (Å²) >= 11 is 0. The first-order chi connectivity index (χ1) is 17.7. The Hall–Kier alpha value is -2.95. The fourth-order valence-electron chi connectivity index (χ4n) is 4.51. The number of aryl methyl sites for hydroxylation is 1. The molecule has 0 N–H and O–H groups in total. The van der Waals surface area contributed by atoms with Gasteiger partial charge in [-0.1, -0.05) is 95.5 Å². The van der Waals surface area contributed by atoms with E-state index >= 15 is 0 Å². The van der Waals surface area contributed by atoms with Crippen LogP contribution in [0.1, 0.15) is 83.6 Å². The molecule has 5 nitrogen and oxygen atoms in total. The molecule has 3 rings (SSSR count). The molecule has 2 aromatic carbocycles. The van der Waals surface area contributed by atoms with Gasteiger partial charge in [0.15, 0.2) is 5.75 Å². The second kappa shape index (κ2) is 15.2. The van der Waals surface area contributed by atoms with Gasteiger partial charge in [-0.25, -0.2) is 0 Å². The zero-order valence-electron chi connectivity index (χ0n) is 22.4. The zero-order chi connectivity index (χ0) is 25.6. The second-order valence-electron chi connectivity index (χ2n) is 9.45. The number of nitrogens with zero attached hydrogens (tertiary/aromatic N) is 1. The van der Waals surface area contributed by atoms with Gasteiger partial charge in [-0.15, -0.1) is 0 Å². The van der Waals surface area contributed by atoms with E-state index < -0.39 is 0 Å². The maximum Gasteiger partial charge on any atom is 0.297 e. The summed E-state index contributed by atoms with van der Waals surface area (Å²) in [4.78, 5) is 13.5. The molecular weight excluding hydrogens is 450 g/mol. The maximum absolute atomic E-state index is 13.5. The Kier molecular flexibility index (Phi) is 11.7. The minimum atomic E-state index is -0.137. The number of hydrogen-bond acceptors (Lipinski definition) is 4. The highest BCUT2D eigenvalue weighted by Crippen LogP contribution is 2.35. The third-order valence-corrected chi connectivity index (χ3v) is 6.58. The van der Waals surface area contributed by atoms with Gasteiger partial charge in [0, 0.05) is 18.0 Å². The van der Waals surface area contributed by atoms with Crippen LogP contribution in [0.4, 0.5) is 0 Å². The minimum Gasteiger partial charge on any atom is -0.489 e. The van der Waals surface area contributed by atoms with E-state index in [2.05, 4.69) is 13.8 Å². The molecule has 3 aromatic rings. The lowest BCUT2D eigenvalue weighted by Crippen LogP contribution is -2.23. The van der Waals surface area contributed by atoms with E-state index in [9.17, 15) is 4.79 Å². The first-order valence-electron chi connectivity index (χ1n) is 13.7. The predicted molar refractivity (Wildman–Crippen MR) is 149 cm³/mol. The standard InChI is InChI=1S/C31H43NO4/c1-4-6-8-10-11-15-21-32-28-23-26(36-24-25-17-13-12-14-18-25)19-20-27(28)29(30(34-3)31(32)33)35-22-16-9-7-5-2/h12-14,17-20,23H,4-11,15-16,21-22,24H2,1-3H3. The summed E-state index contributed by atoms with van der Waals surface area (Å²) in [7, 11) is 1.55. The molecule has 0 bridgehead atoms. The molecule has 0 aliphatic carbocycles. The van der Waals surface area contributed by atoms with Crippen molar-refractivity contribution in [1.82, 2.24) is 4.57 Å². The number of ether oxygens (including phenoxy) is 3. The Balaban J connectivity index is 1.89. The third-order valence-electron chi connectivity index (χ3n) is 6.58. The number of rotatable bonds is 17. The predicted octanol–water partition coefficient (Wildman–Crippen LogP) is 7.91. The van der Waals surface area contributed by atoms with E-state index in [4.69, 9.17) is 14.2 Å². The molecule has 0 saturated heterocycles. The van der Waals surface area contributed by atoms with Crippen LogP contribution >= 0.6 is 0 Å². The van der Waals surface area contributed by atoms with Gasteiger partial charge in [-0.2, -0.15) is 0 Å². The minimum absolute atomic E-state index is 0.137. The van der Waals surface area contributed by atoms with E-state index in [0.29, 0.717) is 31.3 Å². The largest absolute Gasteiger partial charge is 0.489 e. The Labute approximate surface area is 216 Å². The molecule has 0 fully saturated rings. The molecule has 5 heteroatoms. The molecule has 196 valence electrons. The van der Waals surface area contributed by atoms with Crippen LogP contribution in [-0.4, -0.2) is 18.3 Å². The number of unbranched alkanes of at least 4 members (excludes halogenated alkanes) is 8. The molecule has 0 saturated carbocycles. The molecule has 36 heavy (non-hydrogen) atoms. The quantitative estimate of drug-likeness (QED) is 0.179. The van der Waals surface area contributed by atoms with Crippen molar-refractivity contribution in [2.75, 3.05) is 13.7 Å². The van der Waals surface area contributed by atoms with Crippen molar-refractivity contribution in [3.05, 3.63) is 64.4 Å². The van der Waals surface area contributed by atoms with Gasteiger partial charge < -0.3 is 18.8 Å². The van der Waals surface area contributed by atoms with Gasteiger partial charge in [0.25, 0.3) is 5.56 Å². The third kappa shape index (κ3) is 7.78. The number of hydrogen-bond donors (Lipinski definition) is 0. The Morgan fingerprint density at radius 1 is 0.750 bits per heavy atom. The van der Waals surface area contributed by atoms with Gasteiger partial charge in [0.05, 0.1) is 19.2 Å². The monoisotopic (exact) mass is 493 g/mol. The van der Waals surface area contributed by atoms with Crippen LogP contribution in [0.15, 0.2) is 53.3 Å². The van der Waals surface area contributed by atoms with Gasteiger partial charge in [0.2, 0.25) is 5.75 Å². The van der Waals surface area contributed by atoms with Crippen molar-refractivity contribution >= 4 is 10.9 Å². The van der Waals surface area contributed by atoms with E-state index in [-0.39, 0.29) is 5.56 Å². The highest BCUT2D eigenvalue weighted by Gasteiger charge is 2.19. The summed E-state index contributed by atoms with van der Waals surface area (Å²) in [6.45, 7) is 6.11. The van der Waals surface area contributed by atoms with E-state index in [1.54, 1.807) is 7.11 Å². The number of benzene rings is 2. The van der Waals surface area contributed by atoms with Gasteiger partial charge in [0.1, 0.15) is 12.4 Å². The van der Waals surface area contributed by atoms with E-state index in [1.165, 1.54) is 38.5 Å². The topological polar surface area (TPSA) is 49.7 Å². The van der Waals surface area contributed by atoms with Crippen molar-refractivity contribution in [3.8, 4) is 17.2 Å². The van der Waals surface area contributed by atoms with E-state index in [1.807, 2.05) is 53.1 Å². The first kappa shape index (κ1) is 27.6. The van der Waals surface area contributed by atoms with Crippen molar-refractivity contribution in [2.45, 2.75) is 91.2 Å². The van der Waals surface area contributed by atoms with Crippen molar-refractivity contribution in [1.29, 1.82) is 0 Å². The molecule has 0 aliphatic heterocycles. The SMILES string of the molecule is CCCCCCCCn1c(=O)c(OC)c(OCCCCCC)c2ccc(OCc3ccccc3)cc21. The zero-order valence-corrected chi connectivity index (χ0v) is 22.4. The number of methoxy groups -OCH3 is 1. The molecule has 0 spiro atoms. The van der Waals surface area contributed by atoms with Gasteiger partial charge in [-0.3, -0.25) is 4.79 Å². The van der Waals surface area contributed by atoms with Crippen LogP contribution in [-0.2, 0) is 13.2 Å². The van der Waals surface area contributed by atoms with Gasteiger partial charge >= 0.3 is 0 Å². The highest BCUT2D eigenvalue weighted by atomic mass is 16.5. The lowest BCUT2D eigenvalue weighted by Gasteiger charge is -2.18. The van der Waals surface area contributed by atoms with Crippen molar-refractivity contribution in [2.24, 2.45) is 0 Å². The molecule has 0 atom stereocenters. The molecule has 0 aliphatic rings. The van der Waals surface area contributed by atoms with Crippen molar-refractivity contribution < 1.29 is 14.2 Å². The van der Waals surface area contributed by atoms with Crippen LogP contribution < -0.4 is 19.8 Å². The lowest BCUT2D eigenvalue weighted by molar-refractivity contribution is 0.285. The number of pyridine rings is 1. The lowest BCUT2D eigenvalue weighted by atomic mass is 10.1. The second-order valence-corrected chi connectivity index (χ2v) is 9.45. The summed E-state index contributed by atoms with van der Waals surface area (Å²) in [6.07, 6.45) is 11.4. The number of fused-ring (bicyclic) bond motifs is 1. The van der Waals surface area contributed by atoms with Crippen molar-refractivity contribution in [3.63, 3.8) is 0 Å². The first-order valence-corrected chi connectivity index (χ1v) is 13.7. The van der Waals surface area contributed by atoms with Crippen LogP contribution in [0, 0.1) is 0 Å². The summed E-state index contributed by atoms with van der Waals surface area (Å²) < 4.78 is 19.7. The van der Waals surface area contributed by atoms with Crippen LogP contribution in [0.2, 0.25) is 0 Å². The summed E-state index contributed by atoms with van der Waals surface area (Å²) in [5.41, 5.74) is 1.80. The fourth-order valence-corrected chi connectivity index (χ4v) is 4.51. The number of aromatic nitrogens is 1. The van der Waals surface area contributed by atoms with Crippen LogP contribution in [0.25, 0.3) is 10.9 Å². The Morgan fingerprint density at radius 3 is 2.17 bits per heavy atom. The van der Waals surface area contributed by atoms with Gasteiger partial charge in [-0.05, 0) is 30.5 Å². The average Bonchev–Trinajstić information content (AvgIpc) is 2.91. The van der Waals surface area contributed by atoms with Crippen LogP contribution in [0.3, 0.4) is 0 Å². The molecule has 1 aromatic heterocycles.